The summed E-state index contributed by atoms with van der Waals surface area (Å²) in [7, 11) is 0. The molecule has 1 aromatic rings. The number of nitrogens with one attached hydrogen (secondary N) is 2. The smallest absolute Gasteiger partial charge is 0.338 e. The van der Waals surface area contributed by atoms with Crippen LogP contribution in [-0.2, 0) is 9.53 Å². The zero-order valence-electron chi connectivity index (χ0n) is 16.8. The summed E-state index contributed by atoms with van der Waals surface area (Å²) in [6.07, 6.45) is 1.77. The summed E-state index contributed by atoms with van der Waals surface area (Å²) in [5, 5.41) is 5.63. The van der Waals surface area contributed by atoms with Gasteiger partial charge in [-0.1, -0.05) is 39.3 Å². The van der Waals surface area contributed by atoms with Gasteiger partial charge < -0.3 is 20.1 Å². The van der Waals surface area contributed by atoms with Crippen molar-refractivity contribution in [1.29, 1.82) is 0 Å². The monoisotopic (exact) mass is 374 g/mol. The lowest BCUT2D eigenvalue weighted by molar-refractivity contribution is -0.143. The van der Waals surface area contributed by atoms with Gasteiger partial charge in [0, 0.05) is 5.70 Å². The summed E-state index contributed by atoms with van der Waals surface area (Å²) in [6.45, 7) is 10.2. The Balaban J connectivity index is 2.42. The summed E-state index contributed by atoms with van der Waals surface area (Å²) in [5.74, 6) is 0.261. The van der Waals surface area contributed by atoms with Crippen molar-refractivity contribution >= 4 is 12.0 Å². The largest absolute Gasteiger partial charge is 0.494 e. The molecule has 0 saturated carbocycles. The predicted molar refractivity (Wildman–Crippen MR) is 104 cm³/mol. The number of carbonyl (C=O) groups is 2. The number of rotatable bonds is 8. The Morgan fingerprint density at radius 2 is 1.96 bits per heavy atom. The molecule has 1 aliphatic heterocycles. The minimum absolute atomic E-state index is 0.0303. The molecule has 0 spiro atoms. The molecule has 2 rings (SSSR count). The Hall–Kier alpha value is -2.50. The van der Waals surface area contributed by atoms with Crippen LogP contribution in [0.5, 0.6) is 5.75 Å². The summed E-state index contributed by atoms with van der Waals surface area (Å²) in [4.78, 5) is 25.0. The maximum Gasteiger partial charge on any atom is 0.338 e. The summed E-state index contributed by atoms with van der Waals surface area (Å²) in [6, 6.07) is 6.57. The van der Waals surface area contributed by atoms with Gasteiger partial charge in [-0.3, -0.25) is 0 Å². The van der Waals surface area contributed by atoms with Gasteiger partial charge in [0.05, 0.1) is 24.3 Å². The molecule has 6 heteroatoms. The van der Waals surface area contributed by atoms with Crippen LogP contribution in [0.15, 0.2) is 35.5 Å². The fourth-order valence-corrected chi connectivity index (χ4v) is 2.91. The van der Waals surface area contributed by atoms with Crippen molar-refractivity contribution < 1.29 is 19.1 Å². The van der Waals surface area contributed by atoms with Gasteiger partial charge in [-0.15, -0.1) is 0 Å². The van der Waals surface area contributed by atoms with E-state index in [9.17, 15) is 9.59 Å². The maximum atomic E-state index is 12.8. The molecule has 1 aromatic carbocycles. The third kappa shape index (κ3) is 5.49. The maximum absolute atomic E-state index is 12.8. The number of amides is 2. The van der Waals surface area contributed by atoms with Gasteiger partial charge in [-0.2, -0.15) is 0 Å². The number of benzene rings is 1. The number of hydrogen-bond donors (Lipinski definition) is 2. The Morgan fingerprint density at radius 1 is 1.22 bits per heavy atom. The van der Waals surface area contributed by atoms with Gasteiger partial charge in [-0.25, -0.2) is 9.59 Å². The second kappa shape index (κ2) is 9.44. The molecule has 148 valence electrons. The topological polar surface area (TPSA) is 76.7 Å². The van der Waals surface area contributed by atoms with Crippen molar-refractivity contribution in [3.8, 4) is 5.75 Å². The van der Waals surface area contributed by atoms with Crippen LogP contribution in [0.1, 0.15) is 59.1 Å². The number of ether oxygens (including phenoxy) is 2. The van der Waals surface area contributed by atoms with E-state index in [1.165, 1.54) is 0 Å². The van der Waals surface area contributed by atoms with Crippen LogP contribution in [0.2, 0.25) is 0 Å². The molecule has 0 saturated heterocycles. The molecule has 1 unspecified atom stereocenters. The Bertz CT molecular complexity index is 710. The van der Waals surface area contributed by atoms with Crippen molar-refractivity contribution in [3.05, 3.63) is 41.1 Å². The molecule has 1 heterocycles. The number of esters is 1. The molecule has 6 nitrogen and oxygen atoms in total. The van der Waals surface area contributed by atoms with E-state index in [4.69, 9.17) is 9.47 Å². The van der Waals surface area contributed by atoms with Gasteiger partial charge in [0.25, 0.3) is 0 Å². The summed E-state index contributed by atoms with van der Waals surface area (Å²) < 4.78 is 11.2. The molecule has 0 fully saturated rings. The van der Waals surface area contributed by atoms with E-state index in [0.717, 1.165) is 24.2 Å². The van der Waals surface area contributed by atoms with Gasteiger partial charge >= 0.3 is 12.0 Å². The van der Waals surface area contributed by atoms with Crippen LogP contribution < -0.4 is 15.4 Å². The Kier molecular flexibility index (Phi) is 7.28. The number of urea groups is 1. The van der Waals surface area contributed by atoms with Crippen LogP contribution in [0.4, 0.5) is 4.79 Å². The van der Waals surface area contributed by atoms with Gasteiger partial charge in [0.1, 0.15) is 5.75 Å². The number of allylic oxidation sites excluding steroid dienone is 1. The van der Waals surface area contributed by atoms with Gasteiger partial charge in [-0.05, 0) is 43.9 Å². The lowest BCUT2D eigenvalue weighted by Gasteiger charge is -2.31. The van der Waals surface area contributed by atoms with Crippen molar-refractivity contribution in [2.24, 2.45) is 5.92 Å². The van der Waals surface area contributed by atoms with Crippen molar-refractivity contribution in [2.45, 2.75) is 59.6 Å². The summed E-state index contributed by atoms with van der Waals surface area (Å²) >= 11 is 0. The quantitative estimate of drug-likeness (QED) is 0.531. The average molecular weight is 374 g/mol. The molecule has 0 bridgehead atoms. The second-order valence-corrected chi connectivity index (χ2v) is 7.24. The van der Waals surface area contributed by atoms with Crippen LogP contribution in [0, 0.1) is 5.92 Å². The fraction of sp³-hybridized carbons (Fsp3) is 0.524. The molecule has 0 radical (unpaired) electrons. The first-order valence-electron chi connectivity index (χ1n) is 9.58. The third-order valence-corrected chi connectivity index (χ3v) is 4.20. The predicted octanol–water partition coefficient (Wildman–Crippen LogP) is 4.08. The molecular weight excluding hydrogens is 344 g/mol. The molecule has 1 atom stereocenters. The van der Waals surface area contributed by atoms with E-state index in [1.807, 2.05) is 38.1 Å². The first-order chi connectivity index (χ1) is 12.8. The minimum atomic E-state index is -0.586. The van der Waals surface area contributed by atoms with E-state index < -0.39 is 12.0 Å². The van der Waals surface area contributed by atoms with Crippen molar-refractivity contribution in [3.63, 3.8) is 0 Å². The zero-order valence-corrected chi connectivity index (χ0v) is 16.8. The fourth-order valence-electron chi connectivity index (χ4n) is 2.91. The van der Waals surface area contributed by atoms with E-state index in [0.29, 0.717) is 17.9 Å². The standard InChI is InChI=1S/C21H30N2O4/c1-6-7-11-26-16-10-8-9-15(12-16)19-17(20(24)27-14(4)5)18(13(2)3)22-21(25)23-19/h8-10,12-14,19H,6-7,11H2,1-5H3,(H2,22,23,25). The highest BCUT2D eigenvalue weighted by Crippen LogP contribution is 2.32. The van der Waals surface area contributed by atoms with E-state index in [1.54, 1.807) is 13.8 Å². The number of carbonyl (C=O) groups excluding carboxylic acids is 2. The minimum Gasteiger partial charge on any atom is -0.494 e. The third-order valence-electron chi connectivity index (χ3n) is 4.20. The summed E-state index contributed by atoms with van der Waals surface area (Å²) in [5.41, 5.74) is 1.81. The number of hydrogen-bond acceptors (Lipinski definition) is 4. The van der Waals surface area contributed by atoms with E-state index >= 15 is 0 Å². The van der Waals surface area contributed by atoms with Crippen LogP contribution >= 0.6 is 0 Å². The van der Waals surface area contributed by atoms with Crippen LogP contribution in [-0.4, -0.2) is 24.7 Å². The molecular formula is C21H30N2O4. The van der Waals surface area contributed by atoms with Crippen molar-refractivity contribution in [2.75, 3.05) is 6.61 Å². The SMILES string of the molecule is CCCCOc1cccc(C2NC(=O)NC(C(C)C)=C2C(=O)OC(C)C)c1. The van der Waals surface area contributed by atoms with E-state index in [2.05, 4.69) is 17.6 Å². The zero-order chi connectivity index (χ0) is 20.0. The molecule has 0 aliphatic carbocycles. The van der Waals surface area contributed by atoms with Crippen LogP contribution in [0.3, 0.4) is 0 Å². The highest BCUT2D eigenvalue weighted by atomic mass is 16.5. The molecule has 2 amide bonds. The highest BCUT2D eigenvalue weighted by Gasteiger charge is 2.35. The van der Waals surface area contributed by atoms with Crippen LogP contribution in [0.25, 0.3) is 0 Å². The lowest BCUT2D eigenvalue weighted by atomic mass is 9.91. The van der Waals surface area contributed by atoms with Crippen molar-refractivity contribution in [1.82, 2.24) is 10.6 Å². The normalized spacial score (nSPS) is 17.0. The lowest BCUT2D eigenvalue weighted by Crippen LogP contribution is -2.47. The molecule has 1 aliphatic rings. The highest BCUT2D eigenvalue weighted by molar-refractivity contribution is 5.95. The number of unbranched alkanes of at least 4 members (excludes halogenated alkanes) is 1. The van der Waals surface area contributed by atoms with Gasteiger partial charge in [0.2, 0.25) is 0 Å². The van der Waals surface area contributed by atoms with E-state index in [-0.39, 0.29) is 18.1 Å². The first-order valence-corrected chi connectivity index (χ1v) is 9.58. The second-order valence-electron chi connectivity index (χ2n) is 7.24. The molecule has 2 N–H and O–H groups in total. The molecule has 27 heavy (non-hydrogen) atoms. The average Bonchev–Trinajstić information content (AvgIpc) is 2.60. The Morgan fingerprint density at radius 3 is 2.59 bits per heavy atom. The molecule has 0 aromatic heterocycles. The Labute approximate surface area is 161 Å². The first kappa shape index (κ1) is 20.8. The van der Waals surface area contributed by atoms with Gasteiger partial charge in [0.15, 0.2) is 0 Å².